The summed E-state index contributed by atoms with van der Waals surface area (Å²) in [7, 11) is 0. The maximum Gasteiger partial charge on any atom is 0.432 e. The van der Waals surface area contributed by atoms with E-state index in [4.69, 9.17) is 0 Å². The molecule has 0 aliphatic heterocycles. The van der Waals surface area contributed by atoms with Crippen LogP contribution < -0.4 is 10.4 Å². The van der Waals surface area contributed by atoms with Crippen molar-refractivity contribution in [2.24, 2.45) is 10.2 Å². The molecule has 0 unspecified atom stereocenters. The molecule has 3 rings (SSSR count). The minimum atomic E-state index is -4.38. The van der Waals surface area contributed by atoms with Crippen LogP contribution in [0.15, 0.2) is 76.9 Å². The SMILES string of the molecule is CC(=NNc1ccc(C=NN(C(=O)O)c2c(C)cccc2C)cc1)c1ccc(C(F)(F)F)cc1. The van der Waals surface area contributed by atoms with Crippen LogP contribution in [0, 0.1) is 13.8 Å². The number of halogens is 3. The summed E-state index contributed by atoms with van der Waals surface area (Å²) in [5.41, 5.74) is 6.63. The zero-order chi connectivity index (χ0) is 24.9. The number of para-hydroxylation sites is 1. The first-order chi connectivity index (χ1) is 16.1. The fraction of sp³-hybridized carbons (Fsp3) is 0.160. The van der Waals surface area contributed by atoms with Crippen molar-refractivity contribution < 1.29 is 23.1 Å². The Balaban J connectivity index is 1.70. The van der Waals surface area contributed by atoms with E-state index in [1.54, 1.807) is 31.2 Å². The summed E-state index contributed by atoms with van der Waals surface area (Å²) in [6.45, 7) is 5.33. The highest BCUT2D eigenvalue weighted by Gasteiger charge is 2.30. The Hall–Kier alpha value is -4.14. The molecule has 0 bridgehead atoms. The van der Waals surface area contributed by atoms with Gasteiger partial charge in [-0.05, 0) is 67.3 Å². The second kappa shape index (κ2) is 10.2. The van der Waals surface area contributed by atoms with Gasteiger partial charge in [-0.25, -0.2) is 4.79 Å². The van der Waals surface area contributed by atoms with Gasteiger partial charge in [0.1, 0.15) is 0 Å². The Kier molecular flexibility index (Phi) is 7.35. The lowest BCUT2D eigenvalue weighted by molar-refractivity contribution is -0.137. The number of alkyl halides is 3. The van der Waals surface area contributed by atoms with E-state index in [2.05, 4.69) is 15.6 Å². The average molecular weight is 468 g/mol. The van der Waals surface area contributed by atoms with Gasteiger partial charge in [0.05, 0.1) is 28.9 Å². The van der Waals surface area contributed by atoms with E-state index in [0.717, 1.165) is 28.3 Å². The molecule has 1 amide bonds. The molecule has 3 aromatic rings. The summed E-state index contributed by atoms with van der Waals surface area (Å²) in [5.74, 6) is 0. The predicted octanol–water partition coefficient (Wildman–Crippen LogP) is 6.68. The smallest absolute Gasteiger partial charge is 0.432 e. The quantitative estimate of drug-likeness (QED) is 0.313. The van der Waals surface area contributed by atoms with Gasteiger partial charge in [-0.3, -0.25) is 5.43 Å². The number of rotatable bonds is 6. The van der Waals surface area contributed by atoms with Crippen LogP contribution in [-0.4, -0.2) is 23.1 Å². The van der Waals surface area contributed by atoms with Crippen LogP contribution in [0.2, 0.25) is 0 Å². The number of hydrogen-bond donors (Lipinski definition) is 2. The third-order valence-electron chi connectivity index (χ3n) is 5.05. The van der Waals surface area contributed by atoms with Crippen molar-refractivity contribution in [2.75, 3.05) is 10.4 Å². The molecular formula is C25H23F3N4O2. The first-order valence-electron chi connectivity index (χ1n) is 10.3. The lowest BCUT2D eigenvalue weighted by Gasteiger charge is -2.18. The Morgan fingerprint density at radius 1 is 0.971 bits per heavy atom. The Morgan fingerprint density at radius 3 is 2.09 bits per heavy atom. The van der Waals surface area contributed by atoms with Crippen LogP contribution in [0.25, 0.3) is 0 Å². The molecule has 0 aromatic heterocycles. The number of nitrogens with one attached hydrogen (secondary N) is 1. The Bertz CT molecular complexity index is 1200. The molecule has 2 N–H and O–H groups in total. The molecule has 0 atom stereocenters. The maximum atomic E-state index is 12.7. The molecule has 0 radical (unpaired) electrons. The highest BCUT2D eigenvalue weighted by molar-refractivity contribution is 5.99. The number of amides is 1. The van der Waals surface area contributed by atoms with Crippen molar-refractivity contribution in [3.8, 4) is 0 Å². The third kappa shape index (κ3) is 6.00. The molecule has 3 aromatic carbocycles. The fourth-order valence-electron chi connectivity index (χ4n) is 3.22. The number of carbonyl (C=O) groups is 1. The number of hydrazone groups is 2. The summed E-state index contributed by atoms with van der Waals surface area (Å²) < 4.78 is 38.1. The normalized spacial score (nSPS) is 12.1. The highest BCUT2D eigenvalue weighted by atomic mass is 19.4. The molecule has 6 nitrogen and oxygen atoms in total. The van der Waals surface area contributed by atoms with Crippen molar-refractivity contribution in [1.82, 2.24) is 0 Å². The van der Waals surface area contributed by atoms with E-state index in [9.17, 15) is 23.1 Å². The molecule has 176 valence electrons. The monoisotopic (exact) mass is 468 g/mol. The van der Waals surface area contributed by atoms with Crippen molar-refractivity contribution in [3.63, 3.8) is 0 Å². The second-order valence-electron chi connectivity index (χ2n) is 7.59. The Labute approximate surface area is 195 Å². The van der Waals surface area contributed by atoms with Gasteiger partial charge in [-0.15, -0.1) is 0 Å². The molecule has 0 heterocycles. The van der Waals surface area contributed by atoms with E-state index < -0.39 is 17.8 Å². The van der Waals surface area contributed by atoms with E-state index in [0.29, 0.717) is 28.2 Å². The van der Waals surface area contributed by atoms with Crippen LogP contribution in [-0.2, 0) is 6.18 Å². The van der Waals surface area contributed by atoms with Gasteiger partial charge in [-0.2, -0.15) is 28.4 Å². The number of aryl methyl sites for hydroxylation is 2. The standard InChI is InChI=1S/C25H23F3N4O2/c1-16-5-4-6-17(2)23(16)32(24(33)34)29-15-19-7-13-22(14-8-19)31-30-18(3)20-9-11-21(12-10-20)25(26,27)28/h4-15,31H,1-3H3,(H,33,34). The molecule has 0 saturated heterocycles. The van der Waals surface area contributed by atoms with Gasteiger partial charge in [0, 0.05) is 0 Å². The highest BCUT2D eigenvalue weighted by Crippen LogP contribution is 2.29. The number of hydrogen-bond acceptors (Lipinski definition) is 4. The van der Waals surface area contributed by atoms with Gasteiger partial charge in [0.2, 0.25) is 0 Å². The molecule has 34 heavy (non-hydrogen) atoms. The zero-order valence-electron chi connectivity index (χ0n) is 18.8. The number of carboxylic acid groups (broad SMARTS) is 1. The summed E-state index contributed by atoms with van der Waals surface area (Å²) in [5, 5.41) is 18.9. The van der Waals surface area contributed by atoms with E-state index in [1.807, 2.05) is 32.0 Å². The van der Waals surface area contributed by atoms with E-state index in [-0.39, 0.29) is 0 Å². The van der Waals surface area contributed by atoms with Crippen molar-refractivity contribution in [2.45, 2.75) is 26.9 Å². The van der Waals surface area contributed by atoms with Gasteiger partial charge in [0.15, 0.2) is 0 Å². The molecule has 0 spiro atoms. The lowest BCUT2D eigenvalue weighted by atomic mass is 10.1. The molecule has 0 aliphatic carbocycles. The van der Waals surface area contributed by atoms with Crippen molar-refractivity contribution >= 4 is 29.4 Å². The average Bonchev–Trinajstić information content (AvgIpc) is 2.79. The van der Waals surface area contributed by atoms with Crippen molar-refractivity contribution in [3.05, 3.63) is 94.5 Å². The second-order valence-corrected chi connectivity index (χ2v) is 7.59. The third-order valence-corrected chi connectivity index (χ3v) is 5.05. The van der Waals surface area contributed by atoms with Crippen LogP contribution in [0.1, 0.15) is 34.7 Å². The summed E-state index contributed by atoms with van der Waals surface area (Å²) in [6, 6.07) is 17.2. The summed E-state index contributed by atoms with van der Waals surface area (Å²) in [4.78, 5) is 11.7. The minimum absolute atomic E-state index is 0.512. The molecule has 0 saturated carbocycles. The van der Waals surface area contributed by atoms with Crippen molar-refractivity contribution in [1.29, 1.82) is 0 Å². The van der Waals surface area contributed by atoms with Gasteiger partial charge < -0.3 is 5.11 Å². The maximum absolute atomic E-state index is 12.7. The topological polar surface area (TPSA) is 77.3 Å². The van der Waals surface area contributed by atoms with Gasteiger partial charge >= 0.3 is 12.3 Å². The first-order valence-corrected chi connectivity index (χ1v) is 10.3. The molecule has 0 fully saturated rings. The number of anilines is 2. The summed E-state index contributed by atoms with van der Waals surface area (Å²) in [6.07, 6.45) is -4.13. The largest absolute Gasteiger partial charge is 0.463 e. The van der Waals surface area contributed by atoms with E-state index >= 15 is 0 Å². The molecule has 0 aliphatic rings. The minimum Gasteiger partial charge on any atom is -0.463 e. The summed E-state index contributed by atoms with van der Waals surface area (Å²) >= 11 is 0. The Morgan fingerprint density at radius 2 is 1.56 bits per heavy atom. The predicted molar refractivity (Wildman–Crippen MR) is 128 cm³/mol. The molecule has 9 heteroatoms. The van der Waals surface area contributed by atoms with Crippen LogP contribution in [0.4, 0.5) is 29.3 Å². The first kappa shape index (κ1) is 24.5. The molecular weight excluding hydrogens is 445 g/mol. The van der Waals surface area contributed by atoms with E-state index in [1.165, 1.54) is 18.3 Å². The van der Waals surface area contributed by atoms with Gasteiger partial charge in [-0.1, -0.05) is 42.5 Å². The van der Waals surface area contributed by atoms with Crippen LogP contribution in [0.5, 0.6) is 0 Å². The van der Waals surface area contributed by atoms with Crippen LogP contribution in [0.3, 0.4) is 0 Å². The fourth-order valence-corrected chi connectivity index (χ4v) is 3.22. The number of benzene rings is 3. The number of nitrogens with zero attached hydrogens (tertiary/aromatic N) is 3. The zero-order valence-corrected chi connectivity index (χ0v) is 18.8. The van der Waals surface area contributed by atoms with Gasteiger partial charge in [0.25, 0.3) is 0 Å². The van der Waals surface area contributed by atoms with Crippen LogP contribution >= 0.6 is 0 Å². The lowest BCUT2D eigenvalue weighted by Crippen LogP contribution is -2.25.